The van der Waals surface area contributed by atoms with Crippen LogP contribution < -0.4 is 9.63 Å². The number of benzene rings is 1. The number of ether oxygens (including phenoxy) is 1. The molecule has 0 aliphatic carbocycles. The third kappa shape index (κ3) is 23.7. The van der Waals surface area contributed by atoms with Crippen LogP contribution in [0, 0.1) is 5.92 Å². The van der Waals surface area contributed by atoms with Gasteiger partial charge in [0.25, 0.3) is 7.82 Å². The molecule has 0 saturated heterocycles. The minimum atomic E-state index is -4.44. The average molecular weight is 654 g/mol. The number of para-hydroxylation sites is 1. The van der Waals surface area contributed by atoms with E-state index in [0.29, 0.717) is 19.4 Å². The van der Waals surface area contributed by atoms with Gasteiger partial charge in [0, 0.05) is 12.8 Å². The van der Waals surface area contributed by atoms with Crippen LogP contribution in [0.15, 0.2) is 24.3 Å². The molecule has 262 valence electrons. The van der Waals surface area contributed by atoms with Crippen LogP contribution in [0.3, 0.4) is 0 Å². The summed E-state index contributed by atoms with van der Waals surface area (Å²) < 4.78 is 29.7. The van der Waals surface area contributed by atoms with Crippen molar-refractivity contribution in [1.29, 1.82) is 0 Å². The van der Waals surface area contributed by atoms with Gasteiger partial charge in [-0.15, -0.1) is 0 Å². The van der Waals surface area contributed by atoms with E-state index in [4.69, 9.17) is 13.8 Å². The van der Waals surface area contributed by atoms with Crippen molar-refractivity contribution in [2.45, 2.75) is 143 Å². The summed E-state index contributed by atoms with van der Waals surface area (Å²) in [6.45, 7) is 8.33. The highest BCUT2D eigenvalue weighted by Gasteiger charge is 2.20. The molecule has 0 aliphatic heterocycles. The lowest BCUT2D eigenvalue weighted by atomic mass is 9.95. The van der Waals surface area contributed by atoms with Crippen molar-refractivity contribution < 1.29 is 32.5 Å². The van der Waals surface area contributed by atoms with E-state index in [1.54, 1.807) is 0 Å². The van der Waals surface area contributed by atoms with Gasteiger partial charge in [0.1, 0.15) is 11.5 Å². The van der Waals surface area contributed by atoms with Crippen LogP contribution in [0.4, 0.5) is 0 Å². The van der Waals surface area contributed by atoms with Gasteiger partial charge in [0.05, 0.1) is 47.0 Å². The van der Waals surface area contributed by atoms with Gasteiger partial charge in [-0.1, -0.05) is 121 Å². The zero-order valence-electron chi connectivity index (χ0n) is 29.7. The average Bonchev–Trinajstić information content (AvgIpc) is 3.00. The first-order chi connectivity index (χ1) is 21.6. The van der Waals surface area contributed by atoms with Crippen molar-refractivity contribution in [3.63, 3.8) is 0 Å². The monoisotopic (exact) mass is 653 g/mol. The number of nitrogens with zero attached hydrogens (tertiary/aromatic N) is 1. The van der Waals surface area contributed by atoms with Crippen LogP contribution in [0.2, 0.25) is 0 Å². The van der Waals surface area contributed by atoms with Crippen LogP contribution in [0.1, 0.15) is 142 Å². The van der Waals surface area contributed by atoms with Gasteiger partial charge < -0.3 is 28.0 Å². The molecule has 45 heavy (non-hydrogen) atoms. The van der Waals surface area contributed by atoms with Gasteiger partial charge in [-0.2, -0.15) is 0 Å². The molecule has 0 saturated carbocycles. The zero-order chi connectivity index (χ0) is 33.2. The number of phosphoric acid groups is 1. The molecule has 1 aromatic rings. The van der Waals surface area contributed by atoms with E-state index >= 15 is 0 Å². The summed E-state index contributed by atoms with van der Waals surface area (Å²) in [6, 6.07) is 7.82. The first-order valence-corrected chi connectivity index (χ1v) is 19.7. The number of hydrogen-bond donors (Lipinski definition) is 0. The Kier molecular flexibility index (Phi) is 24.0. The molecule has 0 fully saturated rings. The Morgan fingerprint density at radius 2 is 1.31 bits per heavy atom. The minimum absolute atomic E-state index is 0.00335. The Balaban J connectivity index is 2.29. The molecule has 1 aromatic carbocycles. The van der Waals surface area contributed by atoms with E-state index in [9.17, 15) is 14.3 Å². The number of hydrogen-bond acceptors (Lipinski definition) is 6. The van der Waals surface area contributed by atoms with Crippen molar-refractivity contribution in [3.05, 3.63) is 29.8 Å². The topological polar surface area (TPSA) is 84.9 Å². The van der Waals surface area contributed by atoms with E-state index < -0.39 is 7.82 Å². The fourth-order valence-corrected chi connectivity index (χ4v) is 6.43. The van der Waals surface area contributed by atoms with Gasteiger partial charge in [0.2, 0.25) is 0 Å². The quantitative estimate of drug-likeness (QED) is 0.0451. The molecular weight excluding hydrogens is 585 g/mol. The number of phosphoric ester groups is 1. The standard InChI is InChI=1S/C37H68NO6P/c1-6-8-9-10-11-12-13-14-15-16-17-18-19-20-21-24-29-42-37-27-23-22-26-36(37)32-35(31-34(3)39)33-44-45(40,41)43-30-25-28-38(4,5)7-2/h22-23,26-27,35H,6-21,24-25,28-33H2,1-5H3. The highest BCUT2D eigenvalue weighted by molar-refractivity contribution is 7.45. The van der Waals surface area contributed by atoms with Gasteiger partial charge >= 0.3 is 0 Å². The zero-order valence-corrected chi connectivity index (χ0v) is 30.6. The summed E-state index contributed by atoms with van der Waals surface area (Å²) in [7, 11) is -0.246. The van der Waals surface area contributed by atoms with E-state index in [1.807, 2.05) is 24.3 Å². The van der Waals surface area contributed by atoms with Crippen LogP contribution >= 0.6 is 7.82 Å². The van der Waals surface area contributed by atoms with Gasteiger partial charge in [-0.05, 0) is 44.2 Å². The molecule has 0 bridgehead atoms. The second-order valence-corrected chi connectivity index (χ2v) is 15.1. The Labute approximate surface area is 277 Å². The van der Waals surface area contributed by atoms with Crippen molar-refractivity contribution in [1.82, 2.24) is 0 Å². The molecule has 1 rings (SSSR count). The Morgan fingerprint density at radius 1 is 0.778 bits per heavy atom. The lowest BCUT2D eigenvalue weighted by molar-refractivity contribution is -0.888. The van der Waals surface area contributed by atoms with Gasteiger partial charge in [0.15, 0.2) is 0 Å². The lowest BCUT2D eigenvalue weighted by Gasteiger charge is -2.29. The molecule has 2 unspecified atom stereocenters. The predicted octanol–water partition coefficient (Wildman–Crippen LogP) is 9.45. The van der Waals surface area contributed by atoms with Gasteiger partial charge in [-0.3, -0.25) is 4.57 Å². The normalized spacial score (nSPS) is 13.9. The molecule has 0 amide bonds. The van der Waals surface area contributed by atoms with E-state index in [-0.39, 0.29) is 31.3 Å². The highest BCUT2D eigenvalue weighted by atomic mass is 31.2. The molecular formula is C37H68NO6P. The van der Waals surface area contributed by atoms with Crippen LogP contribution in [0.5, 0.6) is 5.75 Å². The first-order valence-electron chi connectivity index (χ1n) is 18.2. The fraction of sp³-hybridized carbons (Fsp3) is 0.811. The molecule has 8 heteroatoms. The Morgan fingerprint density at radius 3 is 1.84 bits per heavy atom. The summed E-state index contributed by atoms with van der Waals surface area (Å²) in [5.74, 6) is 0.506. The maximum atomic E-state index is 12.4. The number of quaternary nitrogens is 1. The minimum Gasteiger partial charge on any atom is -0.756 e. The first kappa shape index (κ1) is 41.8. The summed E-state index contributed by atoms with van der Waals surface area (Å²) in [6.07, 6.45) is 22.7. The number of Topliss-reactive ketones (excluding diaryl/α,β-unsaturated/α-hetero) is 1. The second kappa shape index (κ2) is 25.8. The van der Waals surface area contributed by atoms with Crippen molar-refractivity contribution in [3.8, 4) is 5.75 Å². The molecule has 0 heterocycles. The highest BCUT2D eigenvalue weighted by Crippen LogP contribution is 2.39. The molecule has 2 atom stereocenters. The summed E-state index contributed by atoms with van der Waals surface area (Å²) in [5, 5.41) is 0. The van der Waals surface area contributed by atoms with Crippen molar-refractivity contribution in [2.75, 3.05) is 47.0 Å². The Bertz CT molecular complexity index is 924. The predicted molar refractivity (Wildman–Crippen MR) is 186 cm³/mol. The van der Waals surface area contributed by atoms with E-state index in [1.165, 1.54) is 96.8 Å². The maximum Gasteiger partial charge on any atom is 0.267 e. The number of ketones is 1. The molecule has 0 aromatic heterocycles. The third-order valence-electron chi connectivity index (χ3n) is 8.79. The number of carbonyl (C=O) groups excluding carboxylic acids is 1. The lowest BCUT2D eigenvalue weighted by Crippen LogP contribution is -2.40. The molecule has 0 aliphatic rings. The van der Waals surface area contributed by atoms with Crippen LogP contribution in [-0.2, 0) is 24.8 Å². The van der Waals surface area contributed by atoms with Gasteiger partial charge in [-0.25, -0.2) is 0 Å². The molecule has 0 N–H and O–H groups in total. The van der Waals surface area contributed by atoms with Crippen LogP contribution in [-0.4, -0.2) is 57.3 Å². The second-order valence-electron chi connectivity index (χ2n) is 13.6. The van der Waals surface area contributed by atoms with E-state index in [0.717, 1.165) is 41.7 Å². The fourth-order valence-electron chi connectivity index (χ4n) is 5.61. The summed E-state index contributed by atoms with van der Waals surface area (Å²) >= 11 is 0. The number of carbonyl (C=O) groups is 1. The van der Waals surface area contributed by atoms with Crippen molar-refractivity contribution in [2.24, 2.45) is 5.92 Å². The number of unbranched alkanes of at least 4 members (excludes halogenated alkanes) is 15. The molecule has 0 radical (unpaired) electrons. The molecule has 7 nitrogen and oxygen atoms in total. The number of rotatable bonds is 31. The SMILES string of the molecule is CCCCCCCCCCCCCCCCCCOc1ccccc1CC(COP(=O)([O-])OCCC[N+](C)(C)CC)CC(C)=O. The largest absolute Gasteiger partial charge is 0.756 e. The summed E-state index contributed by atoms with van der Waals surface area (Å²) in [5.41, 5.74) is 0.963. The van der Waals surface area contributed by atoms with E-state index in [2.05, 4.69) is 27.9 Å². The van der Waals surface area contributed by atoms with Crippen LogP contribution in [0.25, 0.3) is 0 Å². The third-order valence-corrected chi connectivity index (χ3v) is 9.76. The smallest absolute Gasteiger partial charge is 0.267 e. The molecule has 0 spiro atoms. The summed E-state index contributed by atoms with van der Waals surface area (Å²) in [4.78, 5) is 24.4. The Hall–Kier alpha value is -1.24. The van der Waals surface area contributed by atoms with Crippen molar-refractivity contribution >= 4 is 13.6 Å². The maximum absolute atomic E-state index is 12.4.